The normalized spacial score (nSPS) is 23.2. The highest BCUT2D eigenvalue weighted by atomic mass is 16.5. The van der Waals surface area contributed by atoms with Gasteiger partial charge in [-0.1, -0.05) is 25.1 Å². The van der Waals surface area contributed by atoms with Crippen LogP contribution in [0.15, 0.2) is 30.3 Å². The van der Waals surface area contributed by atoms with E-state index in [1.54, 1.807) is 7.11 Å². The van der Waals surface area contributed by atoms with Crippen molar-refractivity contribution in [2.24, 2.45) is 5.92 Å². The number of nitrogens with zero attached hydrogens (tertiary/aromatic N) is 1. The molecule has 2 atom stereocenters. The van der Waals surface area contributed by atoms with Crippen LogP contribution < -0.4 is 0 Å². The first-order valence-corrected chi connectivity index (χ1v) is 7.09. The number of methoxy groups -OCH3 is 1. The minimum Gasteiger partial charge on any atom is -0.379 e. The number of benzene rings is 1. The number of aromatic amines is 1. The number of aromatic nitrogens is 1. The highest BCUT2D eigenvalue weighted by Gasteiger charge is 2.29. The average Bonchev–Trinajstić information content (AvgIpc) is 2.91. The lowest BCUT2D eigenvalue weighted by Crippen LogP contribution is -2.46. The van der Waals surface area contributed by atoms with Crippen LogP contribution in [-0.4, -0.2) is 42.1 Å². The average molecular weight is 272 g/mol. The maximum Gasteiger partial charge on any atom is 0.270 e. The van der Waals surface area contributed by atoms with Crippen LogP contribution in [0.2, 0.25) is 0 Å². The van der Waals surface area contributed by atoms with E-state index < -0.39 is 0 Å². The van der Waals surface area contributed by atoms with Gasteiger partial charge in [-0.25, -0.2) is 0 Å². The van der Waals surface area contributed by atoms with Crippen LogP contribution in [0.3, 0.4) is 0 Å². The van der Waals surface area contributed by atoms with Gasteiger partial charge in [-0.05, 0) is 24.5 Å². The van der Waals surface area contributed by atoms with Crippen LogP contribution in [0.4, 0.5) is 0 Å². The largest absolute Gasteiger partial charge is 0.379 e. The van der Waals surface area contributed by atoms with Crippen molar-refractivity contribution in [1.82, 2.24) is 9.88 Å². The lowest BCUT2D eigenvalue weighted by Gasteiger charge is -2.36. The zero-order chi connectivity index (χ0) is 14.1. The van der Waals surface area contributed by atoms with Gasteiger partial charge in [0.05, 0.1) is 6.10 Å². The van der Waals surface area contributed by atoms with Crippen LogP contribution in [-0.2, 0) is 4.74 Å². The van der Waals surface area contributed by atoms with Gasteiger partial charge in [0.1, 0.15) is 5.69 Å². The summed E-state index contributed by atoms with van der Waals surface area (Å²) < 4.78 is 5.47. The molecule has 2 unspecified atom stereocenters. The molecule has 2 heterocycles. The standard InChI is InChI=1S/C16H20N2O2/c1-11-7-8-18(10-15(11)20-2)16(19)14-9-12-5-3-4-6-13(12)17-14/h3-6,9,11,15,17H,7-8,10H2,1-2H3. The third-order valence-corrected chi connectivity index (χ3v) is 4.24. The molecule has 0 aliphatic carbocycles. The van der Waals surface area contributed by atoms with Crippen LogP contribution >= 0.6 is 0 Å². The van der Waals surface area contributed by atoms with Gasteiger partial charge in [-0.3, -0.25) is 4.79 Å². The highest BCUT2D eigenvalue weighted by molar-refractivity contribution is 5.98. The maximum absolute atomic E-state index is 12.6. The fourth-order valence-corrected chi connectivity index (χ4v) is 2.88. The van der Waals surface area contributed by atoms with Crippen molar-refractivity contribution in [2.45, 2.75) is 19.4 Å². The molecule has 4 heteroatoms. The van der Waals surface area contributed by atoms with E-state index in [4.69, 9.17) is 4.74 Å². The molecule has 0 spiro atoms. The Kier molecular flexibility index (Phi) is 3.49. The minimum atomic E-state index is 0.0650. The zero-order valence-electron chi connectivity index (χ0n) is 11.9. The molecule has 1 aliphatic heterocycles. The Bertz CT molecular complexity index is 587. The first-order chi connectivity index (χ1) is 9.69. The molecule has 0 bridgehead atoms. The first kappa shape index (κ1) is 13.2. The van der Waals surface area contributed by atoms with E-state index in [0.717, 1.165) is 23.9 Å². The lowest BCUT2D eigenvalue weighted by atomic mass is 9.95. The second-order valence-electron chi connectivity index (χ2n) is 5.56. The van der Waals surface area contributed by atoms with E-state index in [0.29, 0.717) is 18.2 Å². The second-order valence-corrected chi connectivity index (χ2v) is 5.56. The molecule has 3 rings (SSSR count). The summed E-state index contributed by atoms with van der Waals surface area (Å²) in [4.78, 5) is 17.7. The summed E-state index contributed by atoms with van der Waals surface area (Å²) in [5.74, 6) is 0.571. The van der Waals surface area contributed by atoms with Crippen molar-refractivity contribution in [3.05, 3.63) is 36.0 Å². The molecule has 0 saturated carbocycles. The monoisotopic (exact) mass is 272 g/mol. The first-order valence-electron chi connectivity index (χ1n) is 7.09. The molecule has 1 fully saturated rings. The molecule has 1 N–H and O–H groups in total. The molecule has 4 nitrogen and oxygen atoms in total. The third kappa shape index (κ3) is 2.31. The van der Waals surface area contributed by atoms with Crippen LogP contribution in [0.1, 0.15) is 23.8 Å². The number of fused-ring (bicyclic) bond motifs is 1. The van der Waals surface area contributed by atoms with Crippen molar-refractivity contribution in [1.29, 1.82) is 0 Å². The molecule has 2 aromatic rings. The number of carbonyl (C=O) groups is 1. The van der Waals surface area contributed by atoms with Crippen LogP contribution in [0.25, 0.3) is 10.9 Å². The van der Waals surface area contributed by atoms with Crippen molar-refractivity contribution in [3.8, 4) is 0 Å². The Morgan fingerprint density at radius 3 is 2.95 bits per heavy atom. The Morgan fingerprint density at radius 1 is 1.40 bits per heavy atom. The molecule has 1 saturated heterocycles. The quantitative estimate of drug-likeness (QED) is 0.913. The van der Waals surface area contributed by atoms with Crippen molar-refractivity contribution in [2.75, 3.05) is 20.2 Å². The van der Waals surface area contributed by atoms with Crippen molar-refractivity contribution >= 4 is 16.8 Å². The summed E-state index contributed by atoms with van der Waals surface area (Å²) in [7, 11) is 1.72. The second kappa shape index (κ2) is 5.29. The number of likely N-dealkylation sites (tertiary alicyclic amines) is 1. The van der Waals surface area contributed by atoms with E-state index in [1.165, 1.54) is 0 Å². The fourth-order valence-electron chi connectivity index (χ4n) is 2.88. The van der Waals surface area contributed by atoms with E-state index in [9.17, 15) is 4.79 Å². The number of carbonyl (C=O) groups excluding carboxylic acids is 1. The molecule has 106 valence electrons. The van der Waals surface area contributed by atoms with Gasteiger partial charge < -0.3 is 14.6 Å². The van der Waals surface area contributed by atoms with Gasteiger partial charge in [0.25, 0.3) is 5.91 Å². The zero-order valence-corrected chi connectivity index (χ0v) is 11.9. The predicted octanol–water partition coefficient (Wildman–Crippen LogP) is 2.66. The molecule has 1 amide bonds. The molecular weight excluding hydrogens is 252 g/mol. The van der Waals surface area contributed by atoms with E-state index >= 15 is 0 Å². The number of ether oxygens (including phenoxy) is 1. The highest BCUT2D eigenvalue weighted by Crippen LogP contribution is 2.22. The van der Waals surface area contributed by atoms with E-state index in [-0.39, 0.29) is 12.0 Å². The maximum atomic E-state index is 12.6. The van der Waals surface area contributed by atoms with Crippen LogP contribution in [0.5, 0.6) is 0 Å². The number of rotatable bonds is 2. The van der Waals surface area contributed by atoms with Gasteiger partial charge in [0, 0.05) is 31.1 Å². The van der Waals surface area contributed by atoms with Gasteiger partial charge in [0.15, 0.2) is 0 Å². The van der Waals surface area contributed by atoms with Crippen molar-refractivity contribution in [3.63, 3.8) is 0 Å². The Labute approximate surface area is 118 Å². The summed E-state index contributed by atoms with van der Waals surface area (Å²) in [6.45, 7) is 3.65. The van der Waals surface area contributed by atoms with Crippen LogP contribution in [0, 0.1) is 5.92 Å². The van der Waals surface area contributed by atoms with Gasteiger partial charge >= 0.3 is 0 Å². The molecule has 1 aromatic carbocycles. The third-order valence-electron chi connectivity index (χ3n) is 4.24. The molecule has 20 heavy (non-hydrogen) atoms. The minimum absolute atomic E-state index is 0.0650. The van der Waals surface area contributed by atoms with E-state index in [1.807, 2.05) is 35.2 Å². The lowest BCUT2D eigenvalue weighted by molar-refractivity contribution is -0.00173. The van der Waals surface area contributed by atoms with Gasteiger partial charge in [-0.2, -0.15) is 0 Å². The Balaban J connectivity index is 1.81. The molecule has 1 aliphatic rings. The van der Waals surface area contributed by atoms with Crippen molar-refractivity contribution < 1.29 is 9.53 Å². The number of H-pyrrole nitrogens is 1. The Hall–Kier alpha value is -1.81. The number of hydrogen-bond acceptors (Lipinski definition) is 2. The molecular formula is C16H20N2O2. The summed E-state index contributed by atoms with van der Waals surface area (Å²) in [5, 5.41) is 1.07. The fraction of sp³-hybridized carbons (Fsp3) is 0.438. The SMILES string of the molecule is COC1CN(C(=O)c2cc3ccccc3[nH]2)CCC1C. The smallest absolute Gasteiger partial charge is 0.270 e. The molecule has 0 radical (unpaired) electrons. The van der Waals surface area contributed by atoms with Gasteiger partial charge in [-0.15, -0.1) is 0 Å². The topological polar surface area (TPSA) is 45.3 Å². The number of piperidine rings is 1. The van der Waals surface area contributed by atoms with E-state index in [2.05, 4.69) is 11.9 Å². The number of para-hydroxylation sites is 1. The number of hydrogen-bond donors (Lipinski definition) is 1. The molecule has 1 aromatic heterocycles. The number of amides is 1. The summed E-state index contributed by atoms with van der Waals surface area (Å²) in [6.07, 6.45) is 1.13. The number of nitrogens with one attached hydrogen (secondary N) is 1. The predicted molar refractivity (Wildman–Crippen MR) is 78.8 cm³/mol. The summed E-state index contributed by atoms with van der Waals surface area (Å²) >= 11 is 0. The Morgan fingerprint density at radius 2 is 2.20 bits per heavy atom. The van der Waals surface area contributed by atoms with Gasteiger partial charge in [0.2, 0.25) is 0 Å². The summed E-state index contributed by atoms with van der Waals surface area (Å²) in [5.41, 5.74) is 1.67. The summed E-state index contributed by atoms with van der Waals surface area (Å²) in [6, 6.07) is 9.88.